The summed E-state index contributed by atoms with van der Waals surface area (Å²) in [6.07, 6.45) is 79.7. The number of ether oxygens (including phenoxy) is 3. The lowest BCUT2D eigenvalue weighted by molar-refractivity contribution is -0.167. The predicted molar refractivity (Wildman–Crippen MR) is 325 cm³/mol. The molecular formula is C69H126O6. The molecule has 0 N–H and O–H groups in total. The molecule has 0 aromatic carbocycles. The van der Waals surface area contributed by atoms with Gasteiger partial charge in [0.15, 0.2) is 6.10 Å². The number of allylic oxidation sites excluding steroid dienone is 8. The van der Waals surface area contributed by atoms with Gasteiger partial charge in [0.2, 0.25) is 0 Å². The van der Waals surface area contributed by atoms with E-state index in [0.29, 0.717) is 19.3 Å². The first-order valence-electron chi connectivity index (χ1n) is 33.1. The van der Waals surface area contributed by atoms with Crippen molar-refractivity contribution in [1.82, 2.24) is 0 Å². The van der Waals surface area contributed by atoms with E-state index in [1.165, 1.54) is 225 Å². The Balaban J connectivity index is 4.33. The molecule has 0 spiro atoms. The van der Waals surface area contributed by atoms with Gasteiger partial charge in [-0.15, -0.1) is 0 Å². The molecule has 6 nitrogen and oxygen atoms in total. The third-order valence-electron chi connectivity index (χ3n) is 14.8. The lowest BCUT2D eigenvalue weighted by Gasteiger charge is -2.18. The summed E-state index contributed by atoms with van der Waals surface area (Å²) in [7, 11) is 0. The number of carbonyl (C=O) groups is 3. The van der Waals surface area contributed by atoms with Gasteiger partial charge in [-0.05, 0) is 57.8 Å². The van der Waals surface area contributed by atoms with Crippen LogP contribution in [0, 0.1) is 0 Å². The molecule has 0 radical (unpaired) electrons. The van der Waals surface area contributed by atoms with Crippen molar-refractivity contribution in [2.24, 2.45) is 0 Å². The molecular weight excluding hydrogens is 925 g/mol. The molecule has 0 bridgehead atoms. The number of unbranched alkanes of at least 4 members (excludes halogenated alkanes) is 42. The molecule has 6 heteroatoms. The van der Waals surface area contributed by atoms with Crippen LogP contribution in [0.3, 0.4) is 0 Å². The molecule has 1 unspecified atom stereocenters. The summed E-state index contributed by atoms with van der Waals surface area (Å²) in [5, 5.41) is 0. The fourth-order valence-electron chi connectivity index (χ4n) is 9.91. The molecule has 0 heterocycles. The van der Waals surface area contributed by atoms with Crippen LogP contribution in [0.4, 0.5) is 0 Å². The van der Waals surface area contributed by atoms with Crippen LogP contribution in [0.5, 0.6) is 0 Å². The van der Waals surface area contributed by atoms with Gasteiger partial charge in [0.1, 0.15) is 13.2 Å². The lowest BCUT2D eigenvalue weighted by atomic mass is 10.0. The summed E-state index contributed by atoms with van der Waals surface area (Å²) in [4.78, 5) is 38.4. The van der Waals surface area contributed by atoms with Crippen molar-refractivity contribution in [3.05, 3.63) is 48.6 Å². The molecule has 1 atom stereocenters. The Morgan fingerprint density at radius 3 is 0.813 bits per heavy atom. The zero-order valence-electron chi connectivity index (χ0n) is 50.3. The molecule has 0 aromatic rings. The van der Waals surface area contributed by atoms with Crippen molar-refractivity contribution in [2.45, 2.75) is 361 Å². The second-order valence-electron chi connectivity index (χ2n) is 22.4. The third kappa shape index (κ3) is 62.1. The number of esters is 3. The quantitative estimate of drug-likeness (QED) is 0.0261. The summed E-state index contributed by atoms with van der Waals surface area (Å²) in [6.45, 7) is 6.59. The largest absolute Gasteiger partial charge is 0.462 e. The molecule has 0 aliphatic carbocycles. The summed E-state index contributed by atoms with van der Waals surface area (Å²) >= 11 is 0. The molecule has 0 aliphatic heterocycles. The van der Waals surface area contributed by atoms with Gasteiger partial charge < -0.3 is 14.2 Å². The highest BCUT2D eigenvalue weighted by Crippen LogP contribution is 2.18. The van der Waals surface area contributed by atoms with Crippen molar-refractivity contribution in [2.75, 3.05) is 13.2 Å². The Bertz CT molecular complexity index is 1300. The highest BCUT2D eigenvalue weighted by Gasteiger charge is 2.19. The lowest BCUT2D eigenvalue weighted by Crippen LogP contribution is -2.30. The number of rotatable bonds is 61. The summed E-state index contributed by atoms with van der Waals surface area (Å²) in [5.41, 5.74) is 0. The molecule has 0 fully saturated rings. The summed E-state index contributed by atoms with van der Waals surface area (Å²) in [6, 6.07) is 0. The van der Waals surface area contributed by atoms with Crippen molar-refractivity contribution >= 4 is 17.9 Å². The van der Waals surface area contributed by atoms with Crippen LogP contribution in [0.2, 0.25) is 0 Å². The van der Waals surface area contributed by atoms with E-state index in [-0.39, 0.29) is 31.1 Å². The van der Waals surface area contributed by atoms with E-state index in [1.807, 2.05) is 0 Å². The normalized spacial score (nSPS) is 12.3. The smallest absolute Gasteiger partial charge is 0.306 e. The first kappa shape index (κ1) is 72.4. The third-order valence-corrected chi connectivity index (χ3v) is 14.8. The second kappa shape index (κ2) is 63.9. The average Bonchev–Trinajstić information content (AvgIpc) is 3.41. The van der Waals surface area contributed by atoms with Crippen molar-refractivity contribution in [3.63, 3.8) is 0 Å². The summed E-state index contributed by atoms with van der Waals surface area (Å²) in [5.74, 6) is -0.851. The van der Waals surface area contributed by atoms with E-state index in [0.717, 1.165) is 89.9 Å². The minimum Gasteiger partial charge on any atom is -0.462 e. The van der Waals surface area contributed by atoms with E-state index in [9.17, 15) is 14.4 Å². The zero-order valence-corrected chi connectivity index (χ0v) is 50.3. The first-order valence-corrected chi connectivity index (χ1v) is 33.1. The van der Waals surface area contributed by atoms with Gasteiger partial charge in [-0.25, -0.2) is 0 Å². The maximum Gasteiger partial charge on any atom is 0.306 e. The molecule has 0 aliphatic rings. The molecule has 0 saturated heterocycles. The van der Waals surface area contributed by atoms with Crippen molar-refractivity contribution in [3.8, 4) is 0 Å². The van der Waals surface area contributed by atoms with E-state index in [4.69, 9.17) is 14.2 Å². The zero-order chi connectivity index (χ0) is 54.3. The first-order chi connectivity index (χ1) is 37.0. The van der Waals surface area contributed by atoms with Gasteiger partial charge in [-0.3, -0.25) is 14.4 Å². The van der Waals surface area contributed by atoms with E-state index < -0.39 is 6.10 Å². The van der Waals surface area contributed by atoms with Crippen LogP contribution >= 0.6 is 0 Å². The number of hydrogen-bond donors (Lipinski definition) is 0. The van der Waals surface area contributed by atoms with E-state index in [1.54, 1.807) is 0 Å². The summed E-state index contributed by atoms with van der Waals surface area (Å²) < 4.78 is 17.0. The monoisotopic (exact) mass is 1050 g/mol. The van der Waals surface area contributed by atoms with Crippen LogP contribution in [-0.4, -0.2) is 37.2 Å². The molecule has 0 rings (SSSR count). The Labute approximate surface area is 467 Å². The van der Waals surface area contributed by atoms with Crippen molar-refractivity contribution in [1.29, 1.82) is 0 Å². The van der Waals surface area contributed by atoms with Crippen molar-refractivity contribution < 1.29 is 28.6 Å². The Morgan fingerprint density at radius 1 is 0.280 bits per heavy atom. The van der Waals surface area contributed by atoms with Crippen LogP contribution in [0.1, 0.15) is 355 Å². The van der Waals surface area contributed by atoms with Gasteiger partial charge in [-0.2, -0.15) is 0 Å². The SMILES string of the molecule is CC/C=C\C/C=C\C/C=C\C/C=C\CCCCCCCCCCC(=O)OCC(COC(=O)CCCCCCCCCCCCCCCCCCC)OC(=O)CCCCCCCCCCCCCCCCCCCCC. The molecule has 0 aromatic heterocycles. The fourth-order valence-corrected chi connectivity index (χ4v) is 9.91. The maximum atomic E-state index is 12.9. The Morgan fingerprint density at radius 2 is 0.520 bits per heavy atom. The van der Waals surface area contributed by atoms with E-state index >= 15 is 0 Å². The highest BCUT2D eigenvalue weighted by molar-refractivity contribution is 5.71. The number of hydrogen-bond acceptors (Lipinski definition) is 6. The molecule has 438 valence electrons. The average molecular weight is 1050 g/mol. The van der Waals surface area contributed by atoms with E-state index in [2.05, 4.69) is 69.4 Å². The van der Waals surface area contributed by atoms with Crippen LogP contribution in [-0.2, 0) is 28.6 Å². The Hall–Kier alpha value is -2.63. The fraction of sp³-hybridized carbons (Fsp3) is 0.841. The highest BCUT2D eigenvalue weighted by atomic mass is 16.6. The standard InChI is InChI=1S/C69H126O6/c1-4-7-10-13-16-19-22-25-28-31-33-34-36-38-41-44-47-50-53-56-59-62-68(71)74-65-66(64-73-67(70)61-58-55-52-49-46-43-40-37-30-27-24-21-18-15-12-9-6-3)75-69(72)63-60-57-54-51-48-45-42-39-35-32-29-26-23-20-17-14-11-8-5-2/h7,10,16,19,25,28,33-34,66H,4-6,8-9,11-15,17-18,20-24,26-27,29-32,35-65H2,1-3H3/b10-7-,19-16-,28-25-,34-33-. The molecule has 0 amide bonds. The van der Waals surface area contributed by atoms with Gasteiger partial charge in [0.05, 0.1) is 0 Å². The second-order valence-corrected chi connectivity index (χ2v) is 22.4. The van der Waals surface area contributed by atoms with Crippen LogP contribution in [0.25, 0.3) is 0 Å². The van der Waals surface area contributed by atoms with Gasteiger partial charge >= 0.3 is 17.9 Å². The molecule has 75 heavy (non-hydrogen) atoms. The van der Waals surface area contributed by atoms with Gasteiger partial charge in [0.25, 0.3) is 0 Å². The number of carbonyl (C=O) groups excluding carboxylic acids is 3. The predicted octanol–water partition coefficient (Wildman–Crippen LogP) is 22.6. The van der Waals surface area contributed by atoms with Gasteiger partial charge in [0, 0.05) is 19.3 Å². The Kier molecular flexibility index (Phi) is 61.7. The topological polar surface area (TPSA) is 78.9 Å². The molecule has 0 saturated carbocycles. The van der Waals surface area contributed by atoms with Crippen LogP contribution < -0.4 is 0 Å². The van der Waals surface area contributed by atoms with Gasteiger partial charge in [-0.1, -0.05) is 326 Å². The minimum atomic E-state index is -0.774. The maximum absolute atomic E-state index is 12.9. The minimum absolute atomic E-state index is 0.0700. The van der Waals surface area contributed by atoms with Crippen LogP contribution in [0.15, 0.2) is 48.6 Å².